The summed E-state index contributed by atoms with van der Waals surface area (Å²) in [7, 11) is 0. The summed E-state index contributed by atoms with van der Waals surface area (Å²) in [5, 5.41) is 16.4. The van der Waals surface area contributed by atoms with E-state index in [1.165, 1.54) is 6.08 Å². The molecule has 0 spiro atoms. The quantitative estimate of drug-likeness (QED) is 0.702. The Morgan fingerprint density at radius 3 is 3.07 bits per heavy atom. The van der Waals surface area contributed by atoms with Crippen molar-refractivity contribution in [3.05, 3.63) is 17.7 Å². The third-order valence-corrected chi connectivity index (χ3v) is 2.26. The van der Waals surface area contributed by atoms with Crippen LogP contribution < -0.4 is 0 Å². The molecule has 5 nitrogen and oxygen atoms in total. The van der Waals surface area contributed by atoms with Gasteiger partial charge >= 0.3 is 5.97 Å². The smallest absolute Gasteiger partial charge is 0.328 e. The maximum Gasteiger partial charge on any atom is 0.328 e. The molecule has 0 atom stereocenters. The molecular weight excluding hydrogens is 182 g/mol. The molecule has 1 N–H and O–H groups in total. The lowest BCUT2D eigenvalue weighted by Gasteiger charge is -2.12. The minimum atomic E-state index is -0.960. The minimum Gasteiger partial charge on any atom is -0.478 e. The fourth-order valence-corrected chi connectivity index (χ4v) is 1.60. The van der Waals surface area contributed by atoms with E-state index in [1.807, 2.05) is 4.57 Å². The lowest BCUT2D eigenvalue weighted by atomic mass is 10.2. The highest BCUT2D eigenvalue weighted by Gasteiger charge is 2.13. The fourth-order valence-electron chi connectivity index (χ4n) is 1.60. The second-order valence-electron chi connectivity index (χ2n) is 3.25. The van der Waals surface area contributed by atoms with Gasteiger partial charge in [0.25, 0.3) is 0 Å². The number of aliphatic carboxylic acids is 1. The topological polar surface area (TPSA) is 68.0 Å². The van der Waals surface area contributed by atoms with E-state index in [0.29, 0.717) is 5.82 Å². The minimum absolute atomic E-state index is 0.641. The molecule has 1 aromatic heterocycles. The van der Waals surface area contributed by atoms with E-state index >= 15 is 0 Å². The van der Waals surface area contributed by atoms with Crippen LogP contribution in [0.5, 0.6) is 0 Å². The molecule has 2 heterocycles. The van der Waals surface area contributed by atoms with Gasteiger partial charge in [-0.25, -0.2) is 4.79 Å². The fraction of sp³-hybridized carbons (Fsp3) is 0.444. The van der Waals surface area contributed by atoms with E-state index in [9.17, 15) is 4.79 Å². The number of hydrogen-bond donors (Lipinski definition) is 1. The predicted molar refractivity (Wildman–Crippen MR) is 49.6 cm³/mol. The predicted octanol–water partition coefficient (Wildman–Crippen LogP) is 0.712. The molecule has 0 unspecified atom stereocenters. The van der Waals surface area contributed by atoms with Crippen molar-refractivity contribution >= 4 is 12.0 Å². The maximum atomic E-state index is 10.3. The molecule has 1 aromatic rings. The first-order valence-corrected chi connectivity index (χ1v) is 4.60. The third-order valence-electron chi connectivity index (χ3n) is 2.26. The van der Waals surface area contributed by atoms with E-state index in [4.69, 9.17) is 5.11 Å². The molecule has 14 heavy (non-hydrogen) atoms. The highest BCUT2D eigenvalue weighted by molar-refractivity contribution is 5.84. The number of hydrogen-bond acceptors (Lipinski definition) is 3. The first-order chi connectivity index (χ1) is 6.77. The zero-order valence-corrected chi connectivity index (χ0v) is 7.68. The van der Waals surface area contributed by atoms with Gasteiger partial charge in [0, 0.05) is 19.0 Å². The molecule has 0 fully saturated rings. The van der Waals surface area contributed by atoms with E-state index in [1.54, 1.807) is 0 Å². The third kappa shape index (κ3) is 1.66. The van der Waals surface area contributed by atoms with Crippen molar-refractivity contribution in [2.24, 2.45) is 0 Å². The summed E-state index contributed by atoms with van der Waals surface area (Å²) in [6, 6.07) is 0. The van der Waals surface area contributed by atoms with E-state index < -0.39 is 5.97 Å². The molecule has 0 saturated heterocycles. The molecule has 0 radical (unpaired) electrons. The largest absolute Gasteiger partial charge is 0.478 e. The van der Waals surface area contributed by atoms with E-state index in [-0.39, 0.29) is 0 Å². The molecule has 1 aliphatic heterocycles. The van der Waals surface area contributed by atoms with Gasteiger partial charge in [-0.05, 0) is 18.9 Å². The van der Waals surface area contributed by atoms with Crippen molar-refractivity contribution in [2.75, 3.05) is 0 Å². The molecular formula is C9H11N3O2. The Bertz CT molecular complexity index is 381. The lowest BCUT2D eigenvalue weighted by Crippen LogP contribution is -2.11. The highest BCUT2D eigenvalue weighted by Crippen LogP contribution is 2.14. The molecule has 0 aromatic carbocycles. The summed E-state index contributed by atoms with van der Waals surface area (Å²) in [4.78, 5) is 10.3. The van der Waals surface area contributed by atoms with Gasteiger partial charge in [0.05, 0.1) is 0 Å². The Hall–Kier alpha value is -1.65. The molecule has 2 rings (SSSR count). The van der Waals surface area contributed by atoms with Crippen LogP contribution in [-0.4, -0.2) is 25.8 Å². The number of carboxylic acid groups (broad SMARTS) is 1. The lowest BCUT2D eigenvalue weighted by molar-refractivity contribution is -0.131. The summed E-state index contributed by atoms with van der Waals surface area (Å²) in [5.41, 5.74) is 0. The Balaban J connectivity index is 2.26. The normalized spacial score (nSPS) is 15.7. The van der Waals surface area contributed by atoms with Crippen molar-refractivity contribution in [3.8, 4) is 0 Å². The Kier molecular flexibility index (Phi) is 2.30. The standard InChI is InChI=1S/C9H11N3O2/c13-9(14)5-4-8-11-10-7-3-1-2-6-12(7)8/h4-5H,1-3,6H2,(H,13,14)/b5-4+. The van der Waals surface area contributed by atoms with Crippen LogP contribution in [0.25, 0.3) is 6.08 Å². The summed E-state index contributed by atoms with van der Waals surface area (Å²) < 4.78 is 1.98. The summed E-state index contributed by atoms with van der Waals surface area (Å²) in [6.45, 7) is 0.891. The van der Waals surface area contributed by atoms with Crippen LogP contribution in [0.4, 0.5) is 0 Å². The second kappa shape index (κ2) is 3.61. The van der Waals surface area contributed by atoms with Crippen molar-refractivity contribution in [2.45, 2.75) is 25.8 Å². The summed E-state index contributed by atoms with van der Waals surface area (Å²) in [5.74, 6) is 0.640. The van der Waals surface area contributed by atoms with Gasteiger partial charge in [0.15, 0.2) is 5.82 Å². The Labute approximate surface area is 81.1 Å². The van der Waals surface area contributed by atoms with E-state index in [2.05, 4.69) is 10.2 Å². The van der Waals surface area contributed by atoms with Gasteiger partial charge in [0.2, 0.25) is 0 Å². The van der Waals surface area contributed by atoms with Crippen LogP contribution in [0.2, 0.25) is 0 Å². The van der Waals surface area contributed by atoms with Crippen LogP contribution in [-0.2, 0) is 17.8 Å². The average Bonchev–Trinajstić information content (AvgIpc) is 2.58. The molecule has 1 aliphatic rings. The summed E-state index contributed by atoms with van der Waals surface area (Å²) >= 11 is 0. The Morgan fingerprint density at radius 2 is 2.29 bits per heavy atom. The van der Waals surface area contributed by atoms with Crippen molar-refractivity contribution < 1.29 is 9.90 Å². The van der Waals surface area contributed by atoms with Crippen molar-refractivity contribution in [1.82, 2.24) is 14.8 Å². The van der Waals surface area contributed by atoms with Crippen molar-refractivity contribution in [3.63, 3.8) is 0 Å². The van der Waals surface area contributed by atoms with Gasteiger partial charge in [-0.3, -0.25) is 0 Å². The van der Waals surface area contributed by atoms with Crippen LogP contribution in [0.15, 0.2) is 6.08 Å². The van der Waals surface area contributed by atoms with Crippen LogP contribution in [0, 0.1) is 0 Å². The number of carboxylic acids is 1. The highest BCUT2D eigenvalue weighted by atomic mass is 16.4. The summed E-state index contributed by atoms with van der Waals surface area (Å²) in [6.07, 6.45) is 5.77. The Morgan fingerprint density at radius 1 is 1.43 bits per heavy atom. The number of aromatic nitrogens is 3. The van der Waals surface area contributed by atoms with Crippen LogP contribution >= 0.6 is 0 Å². The SMILES string of the molecule is O=C(O)/C=C/c1nnc2n1CCCC2. The molecule has 0 saturated carbocycles. The molecule has 74 valence electrons. The number of carbonyl (C=O) groups is 1. The van der Waals surface area contributed by atoms with E-state index in [0.717, 1.165) is 37.7 Å². The average molecular weight is 193 g/mol. The molecule has 0 amide bonds. The van der Waals surface area contributed by atoms with Gasteiger partial charge < -0.3 is 9.67 Å². The number of nitrogens with zero attached hydrogens (tertiary/aromatic N) is 3. The van der Waals surface area contributed by atoms with Crippen LogP contribution in [0.1, 0.15) is 24.5 Å². The zero-order chi connectivity index (χ0) is 9.97. The number of fused-ring (bicyclic) bond motifs is 1. The maximum absolute atomic E-state index is 10.3. The van der Waals surface area contributed by atoms with Gasteiger partial charge in [-0.2, -0.15) is 0 Å². The first kappa shape index (κ1) is 8.93. The monoisotopic (exact) mass is 193 g/mol. The molecule has 5 heteroatoms. The van der Waals surface area contributed by atoms with Gasteiger partial charge in [-0.15, -0.1) is 10.2 Å². The van der Waals surface area contributed by atoms with Gasteiger partial charge in [-0.1, -0.05) is 0 Å². The first-order valence-electron chi connectivity index (χ1n) is 4.60. The van der Waals surface area contributed by atoms with Gasteiger partial charge in [0.1, 0.15) is 5.82 Å². The second-order valence-corrected chi connectivity index (χ2v) is 3.25. The molecule has 0 aliphatic carbocycles. The zero-order valence-electron chi connectivity index (χ0n) is 7.68. The number of aryl methyl sites for hydroxylation is 1. The number of rotatable bonds is 2. The van der Waals surface area contributed by atoms with Crippen LogP contribution in [0.3, 0.4) is 0 Å². The van der Waals surface area contributed by atoms with Crippen molar-refractivity contribution in [1.29, 1.82) is 0 Å². The molecule has 0 bridgehead atoms.